The lowest BCUT2D eigenvalue weighted by Gasteiger charge is -2.25. The van der Waals surface area contributed by atoms with Crippen molar-refractivity contribution < 1.29 is 19.1 Å². The molecule has 0 unspecified atom stereocenters. The molecule has 174 valence electrons. The van der Waals surface area contributed by atoms with Gasteiger partial charge in [0.25, 0.3) is 5.91 Å². The van der Waals surface area contributed by atoms with Crippen LogP contribution in [-0.2, 0) is 16.1 Å². The maximum absolute atomic E-state index is 12.4. The van der Waals surface area contributed by atoms with E-state index in [1.165, 1.54) is 7.05 Å². The fourth-order valence-corrected chi connectivity index (χ4v) is 4.01. The first-order valence-corrected chi connectivity index (χ1v) is 11.2. The molecule has 2 aliphatic heterocycles. The molecule has 2 fully saturated rings. The number of ether oxygens (including phenoxy) is 2. The first-order chi connectivity index (χ1) is 16.6. The van der Waals surface area contributed by atoms with E-state index in [-0.39, 0.29) is 29.4 Å². The SMILES string of the molecule is CNC(=O)c1nnc(NC(=O)C2CC2)cc1Nc1cccc2c1OCc1cn(C3COC3)nc1-2. The Morgan fingerprint density at radius 1 is 1.15 bits per heavy atom. The van der Waals surface area contributed by atoms with Crippen molar-refractivity contribution >= 4 is 29.0 Å². The number of aromatic nitrogens is 4. The van der Waals surface area contributed by atoms with E-state index in [0.29, 0.717) is 36.9 Å². The average molecular weight is 461 g/mol. The molecule has 1 saturated carbocycles. The van der Waals surface area contributed by atoms with Crippen LogP contribution in [0.5, 0.6) is 5.75 Å². The highest BCUT2D eigenvalue weighted by Gasteiger charge is 2.31. The van der Waals surface area contributed by atoms with Crippen LogP contribution in [0.2, 0.25) is 0 Å². The van der Waals surface area contributed by atoms with Gasteiger partial charge in [-0.15, -0.1) is 10.2 Å². The molecule has 1 aliphatic carbocycles. The van der Waals surface area contributed by atoms with Gasteiger partial charge in [0.1, 0.15) is 12.3 Å². The normalized spacial score (nSPS) is 16.5. The molecule has 1 saturated heterocycles. The number of benzene rings is 1. The summed E-state index contributed by atoms with van der Waals surface area (Å²) in [6, 6.07) is 7.57. The average Bonchev–Trinajstić information content (AvgIpc) is 3.57. The van der Waals surface area contributed by atoms with Crippen LogP contribution < -0.4 is 20.7 Å². The van der Waals surface area contributed by atoms with Gasteiger partial charge in [0.05, 0.1) is 30.6 Å². The third kappa shape index (κ3) is 3.63. The lowest BCUT2D eigenvalue weighted by atomic mass is 10.0. The van der Waals surface area contributed by atoms with Gasteiger partial charge in [-0.25, -0.2) is 0 Å². The standard InChI is InChI=1S/C23H23N7O4/c1-24-23(32)20-17(7-18(27-28-20)26-22(31)12-5-6-12)25-16-4-2-3-15-19-13(9-34-21(15)16)8-30(29-19)14-10-33-11-14/h2-4,7-8,12,14H,5-6,9-11H2,1H3,(H,24,32)(H2,25,26,27,31). The van der Waals surface area contributed by atoms with Crippen LogP contribution in [0.4, 0.5) is 17.2 Å². The topological polar surface area (TPSA) is 132 Å². The first kappa shape index (κ1) is 20.6. The molecular weight excluding hydrogens is 438 g/mol. The molecule has 2 amide bonds. The Morgan fingerprint density at radius 2 is 2.00 bits per heavy atom. The maximum Gasteiger partial charge on any atom is 0.273 e. The smallest absolute Gasteiger partial charge is 0.273 e. The Kier molecular flexibility index (Phi) is 4.91. The summed E-state index contributed by atoms with van der Waals surface area (Å²) in [6.07, 6.45) is 3.76. The minimum atomic E-state index is -0.399. The van der Waals surface area contributed by atoms with Crippen molar-refractivity contribution in [3.05, 3.63) is 41.7 Å². The van der Waals surface area contributed by atoms with E-state index >= 15 is 0 Å². The molecule has 3 N–H and O–H groups in total. The highest BCUT2D eigenvalue weighted by molar-refractivity contribution is 6.00. The Bertz CT molecular complexity index is 1300. The molecule has 6 rings (SSSR count). The van der Waals surface area contributed by atoms with Crippen LogP contribution >= 0.6 is 0 Å². The quantitative estimate of drug-likeness (QED) is 0.509. The fraction of sp³-hybridized carbons (Fsp3) is 0.348. The molecule has 2 aromatic heterocycles. The predicted molar refractivity (Wildman–Crippen MR) is 122 cm³/mol. The van der Waals surface area contributed by atoms with Gasteiger partial charge in [-0.2, -0.15) is 5.10 Å². The van der Waals surface area contributed by atoms with Gasteiger partial charge in [-0.05, 0) is 25.0 Å². The second-order valence-corrected chi connectivity index (χ2v) is 8.60. The second-order valence-electron chi connectivity index (χ2n) is 8.60. The van der Waals surface area contributed by atoms with Gasteiger partial charge in [0.15, 0.2) is 17.3 Å². The zero-order chi connectivity index (χ0) is 23.2. The van der Waals surface area contributed by atoms with Crippen LogP contribution in [-0.4, -0.2) is 52.1 Å². The Morgan fingerprint density at radius 3 is 2.74 bits per heavy atom. The number of hydrogen-bond acceptors (Lipinski definition) is 8. The number of carbonyl (C=O) groups is 2. The molecule has 3 aliphatic rings. The number of nitrogens with zero attached hydrogens (tertiary/aromatic N) is 4. The van der Waals surface area contributed by atoms with Crippen LogP contribution in [0.15, 0.2) is 30.5 Å². The summed E-state index contributed by atoms with van der Waals surface area (Å²) >= 11 is 0. The Hall–Kier alpha value is -3.99. The molecule has 1 aromatic carbocycles. The van der Waals surface area contributed by atoms with Gasteiger partial charge < -0.3 is 25.4 Å². The van der Waals surface area contributed by atoms with Crippen LogP contribution in [0.25, 0.3) is 11.3 Å². The first-order valence-electron chi connectivity index (χ1n) is 11.2. The summed E-state index contributed by atoms with van der Waals surface area (Å²) in [7, 11) is 1.52. The molecule has 0 bridgehead atoms. The summed E-state index contributed by atoms with van der Waals surface area (Å²) < 4.78 is 13.3. The van der Waals surface area contributed by atoms with Gasteiger partial charge in [-0.1, -0.05) is 6.07 Å². The van der Waals surface area contributed by atoms with Gasteiger partial charge in [-0.3, -0.25) is 14.3 Å². The van der Waals surface area contributed by atoms with E-state index in [1.807, 2.05) is 29.1 Å². The van der Waals surface area contributed by atoms with Crippen molar-refractivity contribution in [1.29, 1.82) is 0 Å². The lowest BCUT2D eigenvalue weighted by Crippen LogP contribution is -2.30. The van der Waals surface area contributed by atoms with Gasteiger partial charge in [0, 0.05) is 36.4 Å². The summed E-state index contributed by atoms with van der Waals surface area (Å²) in [5.41, 5.74) is 3.90. The molecule has 0 radical (unpaired) electrons. The monoisotopic (exact) mass is 461 g/mol. The number of para-hydroxylation sites is 1. The van der Waals surface area contributed by atoms with E-state index in [9.17, 15) is 9.59 Å². The molecule has 11 nitrogen and oxygen atoms in total. The van der Waals surface area contributed by atoms with Crippen LogP contribution in [0, 0.1) is 5.92 Å². The molecule has 4 heterocycles. The second kappa shape index (κ2) is 8.10. The summed E-state index contributed by atoms with van der Waals surface area (Å²) in [5.74, 6) is 0.444. The van der Waals surface area contributed by atoms with Gasteiger partial charge >= 0.3 is 0 Å². The third-order valence-corrected chi connectivity index (χ3v) is 6.15. The number of anilines is 3. The maximum atomic E-state index is 12.4. The molecule has 11 heteroatoms. The van der Waals surface area contributed by atoms with Crippen molar-refractivity contribution in [3.8, 4) is 17.0 Å². The van der Waals surface area contributed by atoms with Crippen molar-refractivity contribution in [1.82, 2.24) is 25.3 Å². The molecule has 0 atom stereocenters. The van der Waals surface area contributed by atoms with Gasteiger partial charge in [0.2, 0.25) is 5.91 Å². The van der Waals surface area contributed by atoms with Crippen molar-refractivity contribution in [3.63, 3.8) is 0 Å². The van der Waals surface area contributed by atoms with E-state index < -0.39 is 5.91 Å². The van der Waals surface area contributed by atoms with E-state index in [2.05, 4.69) is 26.1 Å². The predicted octanol–water partition coefficient (Wildman–Crippen LogP) is 2.26. The summed E-state index contributed by atoms with van der Waals surface area (Å²) in [6.45, 7) is 1.70. The minimum Gasteiger partial charge on any atom is -0.486 e. The molecule has 3 aromatic rings. The van der Waals surface area contributed by atoms with Crippen molar-refractivity contribution in [2.75, 3.05) is 30.9 Å². The molecular formula is C23H23N7O4. The van der Waals surface area contributed by atoms with Crippen molar-refractivity contribution in [2.24, 2.45) is 5.92 Å². The number of hydrogen-bond donors (Lipinski definition) is 3. The molecule has 0 spiro atoms. The van der Waals surface area contributed by atoms with Crippen molar-refractivity contribution in [2.45, 2.75) is 25.5 Å². The number of fused-ring (bicyclic) bond motifs is 3. The third-order valence-electron chi connectivity index (χ3n) is 6.15. The zero-order valence-corrected chi connectivity index (χ0v) is 18.5. The summed E-state index contributed by atoms with van der Waals surface area (Å²) in [4.78, 5) is 24.6. The lowest BCUT2D eigenvalue weighted by molar-refractivity contribution is -0.117. The summed E-state index contributed by atoms with van der Waals surface area (Å²) in [5, 5.41) is 21.5. The zero-order valence-electron chi connectivity index (χ0n) is 18.5. The largest absolute Gasteiger partial charge is 0.486 e. The highest BCUT2D eigenvalue weighted by atomic mass is 16.5. The Labute approximate surface area is 194 Å². The van der Waals surface area contributed by atoms with E-state index in [0.717, 1.165) is 29.7 Å². The number of nitrogens with one attached hydrogen (secondary N) is 3. The van der Waals surface area contributed by atoms with E-state index in [4.69, 9.17) is 14.6 Å². The number of amides is 2. The Balaban J connectivity index is 1.34. The van der Waals surface area contributed by atoms with Crippen LogP contribution in [0.1, 0.15) is 34.9 Å². The van der Waals surface area contributed by atoms with Crippen LogP contribution in [0.3, 0.4) is 0 Å². The fourth-order valence-electron chi connectivity index (χ4n) is 4.01. The van der Waals surface area contributed by atoms with E-state index in [1.54, 1.807) is 6.07 Å². The number of rotatable bonds is 6. The number of carbonyl (C=O) groups excluding carboxylic acids is 2. The minimum absolute atomic E-state index is 0.0202. The molecule has 34 heavy (non-hydrogen) atoms. The highest BCUT2D eigenvalue weighted by Crippen LogP contribution is 2.43.